The number of carbonyl (C=O) groups is 2. The first-order valence-corrected chi connectivity index (χ1v) is 4.59. The third-order valence-corrected chi connectivity index (χ3v) is 2.08. The predicted octanol–water partition coefficient (Wildman–Crippen LogP) is 1.35. The van der Waals surface area contributed by atoms with Crippen molar-refractivity contribution in [3.05, 3.63) is 10.7 Å². The van der Waals surface area contributed by atoms with Crippen molar-refractivity contribution in [1.82, 2.24) is 0 Å². The summed E-state index contributed by atoms with van der Waals surface area (Å²) in [7, 11) is 1.25. The summed E-state index contributed by atoms with van der Waals surface area (Å²) < 4.78 is 9.18. The molecule has 0 aliphatic heterocycles. The zero-order valence-corrected chi connectivity index (χ0v) is 8.67. The lowest BCUT2D eigenvalue weighted by Crippen LogP contribution is -2.04. The van der Waals surface area contributed by atoms with Crippen LogP contribution in [0.2, 0.25) is 0 Å². The fraction of sp³-hybridized carbons (Fsp3) is 0.500. The van der Waals surface area contributed by atoms with Crippen molar-refractivity contribution in [2.45, 2.75) is 12.8 Å². The van der Waals surface area contributed by atoms with Crippen LogP contribution in [0, 0.1) is 5.92 Å². The van der Waals surface area contributed by atoms with Crippen LogP contribution in [0.25, 0.3) is 0 Å². The molecule has 0 saturated heterocycles. The minimum absolute atomic E-state index is 0.0224. The molecule has 0 bridgehead atoms. The second kappa shape index (κ2) is 4.41. The molecule has 1 saturated carbocycles. The van der Waals surface area contributed by atoms with E-state index in [9.17, 15) is 9.59 Å². The SMILES string of the molecule is COC(=O)/C(Br)=C/OC(=O)C1CC1. The van der Waals surface area contributed by atoms with E-state index in [2.05, 4.69) is 20.7 Å². The Kier molecular flexibility index (Phi) is 3.48. The van der Waals surface area contributed by atoms with E-state index in [1.54, 1.807) is 0 Å². The van der Waals surface area contributed by atoms with Gasteiger partial charge in [0.1, 0.15) is 10.7 Å². The van der Waals surface area contributed by atoms with Gasteiger partial charge in [0.25, 0.3) is 0 Å². The second-order valence-corrected chi connectivity index (χ2v) is 3.52. The van der Waals surface area contributed by atoms with Gasteiger partial charge in [-0.2, -0.15) is 0 Å². The average Bonchev–Trinajstić information content (AvgIpc) is 2.95. The third kappa shape index (κ3) is 3.18. The fourth-order valence-electron chi connectivity index (χ4n) is 0.671. The van der Waals surface area contributed by atoms with Crippen LogP contribution in [0.3, 0.4) is 0 Å². The van der Waals surface area contributed by atoms with Gasteiger partial charge in [-0.05, 0) is 28.8 Å². The summed E-state index contributed by atoms with van der Waals surface area (Å²) in [6.07, 6.45) is 2.82. The summed E-state index contributed by atoms with van der Waals surface area (Å²) in [6, 6.07) is 0. The van der Waals surface area contributed by atoms with Gasteiger partial charge in [-0.3, -0.25) is 4.79 Å². The Morgan fingerprint density at radius 3 is 2.54 bits per heavy atom. The summed E-state index contributed by atoms with van der Waals surface area (Å²) in [5, 5.41) is 0. The fourth-order valence-corrected chi connectivity index (χ4v) is 0.926. The Labute approximate surface area is 84.0 Å². The molecule has 1 aliphatic rings. The maximum absolute atomic E-state index is 11.0. The summed E-state index contributed by atoms with van der Waals surface area (Å²) >= 11 is 2.91. The lowest BCUT2D eigenvalue weighted by molar-refractivity contribution is -0.139. The van der Waals surface area contributed by atoms with Gasteiger partial charge in [-0.1, -0.05) is 0 Å². The van der Waals surface area contributed by atoms with Gasteiger partial charge in [0.05, 0.1) is 13.0 Å². The summed E-state index contributed by atoms with van der Waals surface area (Å²) in [5.41, 5.74) is 0. The van der Waals surface area contributed by atoms with Gasteiger partial charge in [-0.15, -0.1) is 0 Å². The molecule has 0 unspecified atom stereocenters. The van der Waals surface area contributed by atoms with Crippen LogP contribution >= 0.6 is 15.9 Å². The van der Waals surface area contributed by atoms with E-state index >= 15 is 0 Å². The van der Waals surface area contributed by atoms with Gasteiger partial charge in [0.2, 0.25) is 0 Å². The first-order chi connectivity index (χ1) is 6.15. The maximum atomic E-state index is 11.0. The number of hydrogen-bond acceptors (Lipinski definition) is 4. The number of halogens is 1. The molecule has 0 N–H and O–H groups in total. The number of esters is 2. The molecule has 72 valence electrons. The van der Waals surface area contributed by atoms with E-state index in [0.717, 1.165) is 19.1 Å². The highest BCUT2D eigenvalue weighted by Gasteiger charge is 2.31. The van der Waals surface area contributed by atoms with Crippen molar-refractivity contribution in [2.24, 2.45) is 5.92 Å². The summed E-state index contributed by atoms with van der Waals surface area (Å²) in [4.78, 5) is 21.8. The van der Waals surface area contributed by atoms with Crippen LogP contribution in [0.15, 0.2) is 10.7 Å². The highest BCUT2D eigenvalue weighted by Crippen LogP contribution is 2.30. The summed E-state index contributed by atoms with van der Waals surface area (Å²) in [6.45, 7) is 0. The zero-order valence-electron chi connectivity index (χ0n) is 7.08. The minimum atomic E-state index is -0.566. The molecular weight excluding hydrogens is 240 g/mol. The largest absolute Gasteiger partial charge is 0.465 e. The molecule has 4 nitrogen and oxygen atoms in total. The highest BCUT2D eigenvalue weighted by molar-refractivity contribution is 9.12. The normalized spacial score (nSPS) is 16.6. The van der Waals surface area contributed by atoms with Crippen molar-refractivity contribution < 1.29 is 19.1 Å². The molecule has 1 rings (SSSR count). The van der Waals surface area contributed by atoms with E-state index in [1.165, 1.54) is 7.11 Å². The van der Waals surface area contributed by atoms with Crippen molar-refractivity contribution in [3.8, 4) is 0 Å². The molecule has 0 heterocycles. The van der Waals surface area contributed by atoms with Crippen molar-refractivity contribution in [3.63, 3.8) is 0 Å². The topological polar surface area (TPSA) is 52.6 Å². The molecule has 0 aromatic heterocycles. The quantitative estimate of drug-likeness (QED) is 0.430. The van der Waals surface area contributed by atoms with Crippen molar-refractivity contribution in [2.75, 3.05) is 7.11 Å². The Hall–Kier alpha value is -0.840. The number of hydrogen-bond donors (Lipinski definition) is 0. The van der Waals surface area contributed by atoms with Gasteiger partial charge in [0, 0.05) is 0 Å². The van der Waals surface area contributed by atoms with Crippen molar-refractivity contribution >= 4 is 27.9 Å². The molecule has 0 aromatic carbocycles. The lowest BCUT2D eigenvalue weighted by Gasteiger charge is -1.98. The predicted molar refractivity (Wildman–Crippen MR) is 47.8 cm³/mol. The van der Waals surface area contributed by atoms with E-state index in [-0.39, 0.29) is 16.4 Å². The smallest absolute Gasteiger partial charge is 0.348 e. The molecule has 0 atom stereocenters. The standard InChI is InChI=1S/C8H9BrO4/c1-12-8(11)6(9)4-13-7(10)5-2-3-5/h4-5H,2-3H2,1H3/b6-4-. The molecule has 0 aromatic rings. The van der Waals surface area contributed by atoms with Gasteiger partial charge < -0.3 is 9.47 Å². The molecule has 5 heteroatoms. The van der Waals surface area contributed by atoms with E-state index in [4.69, 9.17) is 4.74 Å². The van der Waals surface area contributed by atoms with Gasteiger partial charge in [-0.25, -0.2) is 4.79 Å². The first kappa shape index (κ1) is 10.2. The lowest BCUT2D eigenvalue weighted by atomic mass is 10.4. The van der Waals surface area contributed by atoms with Crippen molar-refractivity contribution in [1.29, 1.82) is 0 Å². The number of carbonyl (C=O) groups excluding carboxylic acids is 2. The van der Waals surface area contributed by atoms with Gasteiger partial charge >= 0.3 is 11.9 Å². The van der Waals surface area contributed by atoms with E-state index < -0.39 is 5.97 Å². The van der Waals surface area contributed by atoms with Crippen LogP contribution in [0.5, 0.6) is 0 Å². The number of ether oxygens (including phenoxy) is 2. The molecule has 0 radical (unpaired) electrons. The highest BCUT2D eigenvalue weighted by atomic mass is 79.9. The Balaban J connectivity index is 2.37. The molecule has 1 aliphatic carbocycles. The molecular formula is C8H9BrO4. The molecule has 1 fully saturated rings. The Morgan fingerprint density at radius 1 is 1.46 bits per heavy atom. The van der Waals surface area contributed by atoms with E-state index in [1.807, 2.05) is 0 Å². The van der Waals surface area contributed by atoms with Crippen LogP contribution in [-0.4, -0.2) is 19.0 Å². The van der Waals surface area contributed by atoms with E-state index in [0.29, 0.717) is 0 Å². The van der Waals surface area contributed by atoms with Crippen LogP contribution in [0.1, 0.15) is 12.8 Å². The Bertz CT molecular complexity index is 255. The monoisotopic (exact) mass is 248 g/mol. The molecule has 0 spiro atoms. The summed E-state index contributed by atoms with van der Waals surface area (Å²) in [5.74, 6) is -0.835. The maximum Gasteiger partial charge on any atom is 0.348 e. The Morgan fingerprint density at radius 2 is 2.08 bits per heavy atom. The minimum Gasteiger partial charge on any atom is -0.465 e. The first-order valence-electron chi connectivity index (χ1n) is 3.79. The van der Waals surface area contributed by atoms with Crippen LogP contribution in [0.4, 0.5) is 0 Å². The number of rotatable bonds is 3. The molecule has 13 heavy (non-hydrogen) atoms. The zero-order chi connectivity index (χ0) is 9.84. The van der Waals surface area contributed by atoms with Crippen LogP contribution < -0.4 is 0 Å². The number of methoxy groups -OCH3 is 1. The van der Waals surface area contributed by atoms with Gasteiger partial charge in [0.15, 0.2) is 0 Å². The second-order valence-electron chi connectivity index (χ2n) is 2.67. The third-order valence-electron chi connectivity index (χ3n) is 1.57. The van der Waals surface area contributed by atoms with Crippen LogP contribution in [-0.2, 0) is 19.1 Å². The average molecular weight is 249 g/mol. The molecule has 0 amide bonds.